The molecule has 3 aromatic rings. The van der Waals surface area contributed by atoms with Crippen LogP contribution in [-0.4, -0.2) is 22.0 Å². The maximum absolute atomic E-state index is 11.3. The fraction of sp³-hybridized carbons (Fsp3) is 0.429. The molecule has 0 saturated heterocycles. The summed E-state index contributed by atoms with van der Waals surface area (Å²) < 4.78 is 5.09. The molecule has 4 rings (SSSR count). The van der Waals surface area contributed by atoms with E-state index < -0.39 is 4.92 Å². The number of nitro groups is 1. The van der Waals surface area contributed by atoms with Gasteiger partial charge in [-0.05, 0) is 48.3 Å². The van der Waals surface area contributed by atoms with Gasteiger partial charge in [0.2, 0.25) is 0 Å². The summed E-state index contributed by atoms with van der Waals surface area (Å²) in [5.74, 6) is 1.58. The molecule has 1 atom stereocenters. The molecule has 0 radical (unpaired) electrons. The Morgan fingerprint density at radius 3 is 2.79 bits per heavy atom. The van der Waals surface area contributed by atoms with Crippen molar-refractivity contribution in [2.45, 2.75) is 40.0 Å². The van der Waals surface area contributed by atoms with Gasteiger partial charge >= 0.3 is 5.69 Å². The molecule has 0 spiro atoms. The molecule has 0 amide bonds. The Balaban J connectivity index is 1.72. The van der Waals surface area contributed by atoms with Crippen molar-refractivity contribution in [3.05, 3.63) is 45.1 Å². The lowest BCUT2D eigenvalue weighted by molar-refractivity contribution is -0.385. The number of fused-ring (bicyclic) bond motifs is 3. The van der Waals surface area contributed by atoms with Gasteiger partial charge in [0.1, 0.15) is 17.0 Å². The molecule has 152 valence electrons. The van der Waals surface area contributed by atoms with Crippen LogP contribution >= 0.6 is 11.3 Å². The van der Waals surface area contributed by atoms with Crippen LogP contribution in [0, 0.1) is 21.4 Å². The van der Waals surface area contributed by atoms with Gasteiger partial charge < -0.3 is 10.1 Å². The lowest BCUT2D eigenvalue weighted by Crippen LogP contribution is -2.26. The number of rotatable bonds is 4. The first kappa shape index (κ1) is 19.6. The summed E-state index contributed by atoms with van der Waals surface area (Å²) in [4.78, 5) is 22.2. The lowest BCUT2D eigenvalue weighted by atomic mass is 9.72. The second kappa shape index (κ2) is 7.26. The molecule has 8 heteroatoms. The Labute approximate surface area is 173 Å². The number of aryl methyl sites for hydroxylation is 1. The van der Waals surface area contributed by atoms with Gasteiger partial charge in [0, 0.05) is 16.6 Å². The fourth-order valence-electron chi connectivity index (χ4n) is 3.99. The number of nitrogens with zero attached hydrogens (tertiary/aromatic N) is 3. The predicted molar refractivity (Wildman–Crippen MR) is 115 cm³/mol. The zero-order valence-electron chi connectivity index (χ0n) is 17.0. The Hall–Kier alpha value is -2.74. The molecule has 0 fully saturated rings. The highest BCUT2D eigenvalue weighted by Crippen LogP contribution is 2.44. The van der Waals surface area contributed by atoms with E-state index in [0.717, 1.165) is 29.5 Å². The van der Waals surface area contributed by atoms with E-state index in [1.165, 1.54) is 23.6 Å². The number of hydrogen-bond donors (Lipinski definition) is 1. The van der Waals surface area contributed by atoms with Crippen LogP contribution < -0.4 is 10.1 Å². The van der Waals surface area contributed by atoms with E-state index in [9.17, 15) is 10.1 Å². The van der Waals surface area contributed by atoms with Crippen molar-refractivity contribution in [3.8, 4) is 5.75 Å². The number of aromatic nitrogens is 2. The Morgan fingerprint density at radius 1 is 1.31 bits per heavy atom. The molecule has 1 aromatic carbocycles. The number of thiophene rings is 1. The molecule has 2 aromatic heterocycles. The molecule has 1 N–H and O–H groups in total. The van der Waals surface area contributed by atoms with Crippen molar-refractivity contribution in [2.75, 3.05) is 12.4 Å². The van der Waals surface area contributed by atoms with Crippen molar-refractivity contribution in [1.29, 1.82) is 0 Å². The third kappa shape index (κ3) is 3.64. The second-order valence-corrected chi connectivity index (χ2v) is 9.56. The maximum Gasteiger partial charge on any atom is 0.312 e. The molecule has 0 aliphatic heterocycles. The minimum absolute atomic E-state index is 0.0804. The second-order valence-electron chi connectivity index (χ2n) is 8.48. The van der Waals surface area contributed by atoms with Gasteiger partial charge in [-0.15, -0.1) is 11.3 Å². The number of hydrogen-bond acceptors (Lipinski definition) is 7. The van der Waals surface area contributed by atoms with Crippen molar-refractivity contribution in [1.82, 2.24) is 9.97 Å². The molecule has 29 heavy (non-hydrogen) atoms. The molecular formula is C21H24N4O3S. The van der Waals surface area contributed by atoms with E-state index in [4.69, 9.17) is 4.74 Å². The van der Waals surface area contributed by atoms with Crippen molar-refractivity contribution in [2.24, 2.45) is 11.3 Å². The van der Waals surface area contributed by atoms with Crippen molar-refractivity contribution in [3.63, 3.8) is 0 Å². The quantitative estimate of drug-likeness (QED) is 0.449. The van der Waals surface area contributed by atoms with Crippen LogP contribution in [0.4, 0.5) is 17.2 Å². The summed E-state index contributed by atoms with van der Waals surface area (Å²) >= 11 is 1.74. The molecule has 1 aliphatic rings. The summed E-state index contributed by atoms with van der Waals surface area (Å²) in [7, 11) is 1.42. The first-order valence-electron chi connectivity index (χ1n) is 9.62. The Morgan fingerprint density at radius 2 is 2.10 bits per heavy atom. The normalized spacial score (nSPS) is 16.5. The van der Waals surface area contributed by atoms with Gasteiger partial charge in [0.05, 0.1) is 17.4 Å². The van der Waals surface area contributed by atoms with Crippen molar-refractivity contribution < 1.29 is 9.66 Å². The van der Waals surface area contributed by atoms with Gasteiger partial charge in [-0.25, -0.2) is 9.97 Å². The third-order valence-electron chi connectivity index (χ3n) is 5.71. The monoisotopic (exact) mass is 412 g/mol. The number of anilines is 2. The molecule has 7 nitrogen and oxygen atoms in total. The van der Waals surface area contributed by atoms with E-state index in [1.807, 2.05) is 0 Å². The number of ether oxygens (including phenoxy) is 1. The lowest BCUT2D eigenvalue weighted by Gasteiger charge is -2.33. The van der Waals surface area contributed by atoms with Gasteiger partial charge in [0.15, 0.2) is 5.75 Å². The summed E-state index contributed by atoms with van der Waals surface area (Å²) in [6.45, 7) is 6.91. The average Bonchev–Trinajstić information content (AvgIpc) is 3.06. The largest absolute Gasteiger partial charge is 0.490 e. The third-order valence-corrected chi connectivity index (χ3v) is 6.87. The minimum Gasteiger partial charge on any atom is -0.490 e. The highest BCUT2D eigenvalue weighted by atomic mass is 32.1. The number of methoxy groups -OCH3 is 1. The van der Waals surface area contributed by atoms with E-state index >= 15 is 0 Å². The molecule has 1 unspecified atom stereocenters. The smallest absolute Gasteiger partial charge is 0.312 e. The standard InChI is InChI=1S/C21H24N4O3S/c1-21(2,3)12-5-7-14-17(9-12)29-20-18(14)19(22-11-23-20)24-13-6-8-16(28-4)15(10-13)25(26)27/h6,8,10-12H,5,7,9H2,1-4H3,(H,22,23,24). The van der Waals surface area contributed by atoms with Crippen LogP contribution in [0.1, 0.15) is 37.6 Å². The van der Waals surface area contributed by atoms with Gasteiger partial charge in [-0.3, -0.25) is 10.1 Å². The fourth-order valence-corrected chi connectivity index (χ4v) is 5.26. The van der Waals surface area contributed by atoms with Crippen molar-refractivity contribution >= 4 is 38.7 Å². The van der Waals surface area contributed by atoms with Crippen LogP contribution in [0.5, 0.6) is 5.75 Å². The number of nitro benzene ring substituents is 1. The SMILES string of the molecule is COc1ccc(Nc2ncnc3sc4c(c23)CCC(C(C)(C)C)C4)cc1[N+](=O)[O-]. The Kier molecular flexibility index (Phi) is 4.90. The van der Waals surface area contributed by atoms with Gasteiger partial charge in [-0.1, -0.05) is 20.8 Å². The molecule has 0 saturated carbocycles. The maximum atomic E-state index is 11.3. The first-order chi connectivity index (χ1) is 13.8. The first-order valence-corrected chi connectivity index (χ1v) is 10.4. The molecule has 1 aliphatic carbocycles. The van der Waals surface area contributed by atoms with E-state index in [0.29, 0.717) is 17.4 Å². The van der Waals surface area contributed by atoms with Crippen LogP contribution in [-0.2, 0) is 12.8 Å². The predicted octanol–water partition coefficient (Wildman–Crippen LogP) is 5.50. The van der Waals surface area contributed by atoms with E-state index in [2.05, 4.69) is 36.1 Å². The molecule has 2 heterocycles. The highest BCUT2D eigenvalue weighted by Gasteiger charge is 2.31. The number of nitrogens with one attached hydrogen (secondary N) is 1. The van der Waals surface area contributed by atoms with E-state index in [1.54, 1.807) is 29.8 Å². The summed E-state index contributed by atoms with van der Waals surface area (Å²) in [6, 6.07) is 4.82. The van der Waals surface area contributed by atoms with E-state index in [-0.39, 0.29) is 16.9 Å². The topological polar surface area (TPSA) is 90.2 Å². The van der Waals surface area contributed by atoms with Crippen LogP contribution in [0.25, 0.3) is 10.2 Å². The zero-order chi connectivity index (χ0) is 20.8. The molecule has 0 bridgehead atoms. The average molecular weight is 413 g/mol. The van der Waals surface area contributed by atoms with Crippen LogP contribution in [0.3, 0.4) is 0 Å². The minimum atomic E-state index is -0.446. The molecular weight excluding hydrogens is 388 g/mol. The summed E-state index contributed by atoms with van der Waals surface area (Å²) in [5.41, 5.74) is 2.11. The van der Waals surface area contributed by atoms with Crippen LogP contribution in [0.15, 0.2) is 24.5 Å². The van der Waals surface area contributed by atoms with Gasteiger partial charge in [0.25, 0.3) is 0 Å². The summed E-state index contributed by atoms with van der Waals surface area (Å²) in [6.07, 6.45) is 4.76. The van der Waals surface area contributed by atoms with Gasteiger partial charge in [-0.2, -0.15) is 0 Å². The van der Waals surface area contributed by atoms with Crippen LogP contribution in [0.2, 0.25) is 0 Å². The Bertz CT molecular complexity index is 1090. The zero-order valence-corrected chi connectivity index (χ0v) is 17.8. The highest BCUT2D eigenvalue weighted by molar-refractivity contribution is 7.19. The number of benzene rings is 1. The summed E-state index contributed by atoms with van der Waals surface area (Å²) in [5, 5.41) is 15.6.